The Hall–Kier alpha value is -2.30. The Bertz CT molecular complexity index is 942. The normalized spacial score (nSPS) is 10.7. The van der Waals surface area contributed by atoms with Crippen LogP contribution in [0.25, 0.3) is 10.9 Å². The third-order valence-electron chi connectivity index (χ3n) is 3.63. The number of halogens is 2. The molecule has 1 aromatic heterocycles. The number of ether oxygens (including phenoxy) is 1. The summed E-state index contributed by atoms with van der Waals surface area (Å²) in [4.78, 5) is 17.1. The Balaban J connectivity index is 1.99. The number of rotatable bonds is 3. The van der Waals surface area contributed by atoms with E-state index >= 15 is 0 Å². The van der Waals surface area contributed by atoms with Crippen LogP contribution in [0.5, 0.6) is 5.75 Å². The fraction of sp³-hybridized carbons (Fsp3) is 0.111. The van der Waals surface area contributed by atoms with Gasteiger partial charge in [0.15, 0.2) is 0 Å². The van der Waals surface area contributed by atoms with Gasteiger partial charge < -0.3 is 10.1 Å². The molecular formula is C18H14Cl2N2O2. The summed E-state index contributed by atoms with van der Waals surface area (Å²) in [5.41, 5.74) is 2.35. The summed E-state index contributed by atoms with van der Waals surface area (Å²) < 4.78 is 5.22. The van der Waals surface area contributed by atoms with E-state index in [2.05, 4.69) is 10.3 Å². The first-order valence-electron chi connectivity index (χ1n) is 7.20. The van der Waals surface area contributed by atoms with E-state index < -0.39 is 0 Å². The van der Waals surface area contributed by atoms with Crippen molar-refractivity contribution >= 4 is 45.7 Å². The van der Waals surface area contributed by atoms with Gasteiger partial charge in [0.25, 0.3) is 5.91 Å². The zero-order chi connectivity index (χ0) is 17.3. The molecule has 3 rings (SSSR count). The fourth-order valence-electron chi connectivity index (χ4n) is 2.39. The van der Waals surface area contributed by atoms with Crippen molar-refractivity contribution in [2.45, 2.75) is 6.92 Å². The van der Waals surface area contributed by atoms with Gasteiger partial charge in [0, 0.05) is 10.4 Å². The van der Waals surface area contributed by atoms with Gasteiger partial charge in [-0.1, -0.05) is 23.2 Å². The van der Waals surface area contributed by atoms with Gasteiger partial charge in [-0.2, -0.15) is 0 Å². The molecule has 0 radical (unpaired) electrons. The number of aryl methyl sites for hydroxylation is 1. The van der Waals surface area contributed by atoms with Gasteiger partial charge in [-0.05, 0) is 49.4 Å². The van der Waals surface area contributed by atoms with Crippen LogP contribution < -0.4 is 10.1 Å². The summed E-state index contributed by atoms with van der Waals surface area (Å²) >= 11 is 12.0. The van der Waals surface area contributed by atoms with Crippen LogP contribution in [0.15, 0.2) is 42.5 Å². The van der Waals surface area contributed by atoms with Crippen LogP contribution in [0.3, 0.4) is 0 Å². The van der Waals surface area contributed by atoms with E-state index in [1.807, 2.05) is 18.2 Å². The first-order valence-corrected chi connectivity index (χ1v) is 7.95. The number of amides is 1. The Morgan fingerprint density at radius 1 is 1.12 bits per heavy atom. The van der Waals surface area contributed by atoms with E-state index in [0.29, 0.717) is 32.7 Å². The Morgan fingerprint density at radius 3 is 2.67 bits per heavy atom. The van der Waals surface area contributed by atoms with Crippen molar-refractivity contribution in [3.8, 4) is 5.75 Å². The molecule has 3 aromatic rings. The Kier molecular flexibility index (Phi) is 4.60. The third-order valence-corrected chi connectivity index (χ3v) is 4.20. The minimum atomic E-state index is -0.297. The van der Waals surface area contributed by atoms with Crippen LogP contribution in [0.2, 0.25) is 10.0 Å². The lowest BCUT2D eigenvalue weighted by atomic mass is 10.1. The molecule has 6 heteroatoms. The van der Waals surface area contributed by atoms with Gasteiger partial charge in [-0.3, -0.25) is 9.78 Å². The van der Waals surface area contributed by atoms with E-state index in [9.17, 15) is 4.79 Å². The molecule has 1 N–H and O–H groups in total. The smallest absolute Gasteiger partial charge is 0.257 e. The zero-order valence-electron chi connectivity index (χ0n) is 13.1. The molecule has 0 aliphatic heterocycles. The lowest BCUT2D eigenvalue weighted by Crippen LogP contribution is -2.14. The summed E-state index contributed by atoms with van der Waals surface area (Å²) in [6.07, 6.45) is 0. The number of pyridine rings is 1. The number of anilines is 1. The number of fused-ring (bicyclic) bond motifs is 1. The van der Waals surface area contributed by atoms with E-state index in [1.54, 1.807) is 38.3 Å². The molecule has 24 heavy (non-hydrogen) atoms. The summed E-state index contributed by atoms with van der Waals surface area (Å²) in [6, 6.07) is 12.2. The molecule has 0 spiro atoms. The molecule has 0 saturated heterocycles. The Labute approximate surface area is 149 Å². The number of aromatic nitrogens is 1. The molecule has 0 aliphatic rings. The molecule has 0 fully saturated rings. The Morgan fingerprint density at radius 2 is 1.92 bits per heavy atom. The molecule has 0 bridgehead atoms. The molecule has 122 valence electrons. The maximum Gasteiger partial charge on any atom is 0.257 e. The topological polar surface area (TPSA) is 51.2 Å². The van der Waals surface area contributed by atoms with Crippen LogP contribution in [0.1, 0.15) is 16.1 Å². The lowest BCUT2D eigenvalue weighted by molar-refractivity contribution is 0.102. The summed E-state index contributed by atoms with van der Waals surface area (Å²) in [5.74, 6) is 0.409. The van der Waals surface area contributed by atoms with Crippen molar-refractivity contribution in [1.29, 1.82) is 0 Å². The highest BCUT2D eigenvalue weighted by molar-refractivity contribution is 6.35. The first kappa shape index (κ1) is 16.6. The van der Waals surface area contributed by atoms with Crippen molar-refractivity contribution in [3.63, 3.8) is 0 Å². The predicted molar refractivity (Wildman–Crippen MR) is 97.4 cm³/mol. The molecular weight excluding hydrogens is 347 g/mol. The monoisotopic (exact) mass is 360 g/mol. The van der Waals surface area contributed by atoms with Gasteiger partial charge in [0.1, 0.15) is 5.75 Å². The average Bonchev–Trinajstić information content (AvgIpc) is 2.57. The second-order valence-corrected chi connectivity index (χ2v) is 6.10. The van der Waals surface area contributed by atoms with Crippen LogP contribution in [0.4, 0.5) is 5.69 Å². The van der Waals surface area contributed by atoms with Crippen molar-refractivity contribution in [1.82, 2.24) is 4.98 Å². The maximum absolute atomic E-state index is 12.6. The number of hydrogen-bond acceptors (Lipinski definition) is 3. The van der Waals surface area contributed by atoms with Gasteiger partial charge in [-0.25, -0.2) is 0 Å². The second-order valence-electron chi connectivity index (χ2n) is 5.26. The molecule has 1 amide bonds. The predicted octanol–water partition coefficient (Wildman–Crippen LogP) is 5.11. The molecule has 0 aliphatic carbocycles. The largest absolute Gasteiger partial charge is 0.497 e. The molecule has 0 saturated carbocycles. The minimum Gasteiger partial charge on any atom is -0.497 e. The number of nitrogens with one attached hydrogen (secondary N) is 1. The lowest BCUT2D eigenvalue weighted by Gasteiger charge is -2.11. The van der Waals surface area contributed by atoms with E-state index in [4.69, 9.17) is 27.9 Å². The fourth-order valence-corrected chi connectivity index (χ4v) is 2.73. The highest BCUT2D eigenvalue weighted by atomic mass is 35.5. The highest BCUT2D eigenvalue weighted by Gasteiger charge is 2.14. The van der Waals surface area contributed by atoms with Crippen molar-refractivity contribution in [3.05, 3.63) is 63.8 Å². The van der Waals surface area contributed by atoms with Crippen molar-refractivity contribution in [2.75, 3.05) is 12.4 Å². The highest BCUT2D eigenvalue weighted by Crippen LogP contribution is 2.27. The molecule has 1 heterocycles. The van der Waals surface area contributed by atoms with E-state index in [0.717, 1.165) is 10.9 Å². The zero-order valence-corrected chi connectivity index (χ0v) is 14.6. The summed E-state index contributed by atoms with van der Waals surface area (Å²) in [6.45, 7) is 1.79. The minimum absolute atomic E-state index is 0.297. The van der Waals surface area contributed by atoms with Gasteiger partial charge in [-0.15, -0.1) is 0 Å². The number of hydrogen-bond donors (Lipinski definition) is 1. The molecule has 2 aromatic carbocycles. The maximum atomic E-state index is 12.6. The van der Waals surface area contributed by atoms with Crippen LogP contribution in [0, 0.1) is 6.92 Å². The standard InChI is InChI=1S/C18H14Cl2N2O2/c1-10-14(8-11-7-13(24-2)4-6-16(11)21-10)18(23)22-17-9-12(19)3-5-15(17)20/h3-9H,1-2H3,(H,22,23). The number of benzene rings is 2. The van der Waals surface area contributed by atoms with E-state index in [1.165, 1.54) is 0 Å². The van der Waals surface area contributed by atoms with Crippen molar-refractivity contribution in [2.24, 2.45) is 0 Å². The summed E-state index contributed by atoms with van der Waals surface area (Å²) in [7, 11) is 1.59. The molecule has 0 unspecified atom stereocenters. The molecule has 0 atom stereocenters. The summed E-state index contributed by atoms with van der Waals surface area (Å²) in [5, 5.41) is 4.51. The quantitative estimate of drug-likeness (QED) is 0.705. The average molecular weight is 361 g/mol. The van der Waals surface area contributed by atoms with E-state index in [-0.39, 0.29) is 5.91 Å². The van der Waals surface area contributed by atoms with Gasteiger partial charge in [0.2, 0.25) is 0 Å². The number of carbonyl (C=O) groups is 1. The number of methoxy groups -OCH3 is 1. The van der Waals surface area contributed by atoms with Gasteiger partial charge >= 0.3 is 0 Å². The third kappa shape index (κ3) is 3.30. The molecule has 4 nitrogen and oxygen atoms in total. The van der Waals surface area contributed by atoms with Crippen LogP contribution in [-0.2, 0) is 0 Å². The van der Waals surface area contributed by atoms with Gasteiger partial charge in [0.05, 0.1) is 34.6 Å². The second kappa shape index (κ2) is 6.67. The van der Waals surface area contributed by atoms with Crippen LogP contribution in [-0.4, -0.2) is 18.0 Å². The number of carbonyl (C=O) groups excluding carboxylic acids is 1. The number of nitrogens with zero attached hydrogens (tertiary/aromatic N) is 1. The van der Waals surface area contributed by atoms with Crippen LogP contribution >= 0.6 is 23.2 Å². The van der Waals surface area contributed by atoms with Crippen molar-refractivity contribution < 1.29 is 9.53 Å². The first-order chi connectivity index (χ1) is 11.5. The SMILES string of the molecule is COc1ccc2nc(C)c(C(=O)Nc3cc(Cl)ccc3Cl)cc2c1.